The lowest BCUT2D eigenvalue weighted by atomic mass is 9.97. The second-order valence-corrected chi connectivity index (χ2v) is 6.34. The van der Waals surface area contributed by atoms with Crippen LogP contribution >= 0.6 is 27.5 Å². The van der Waals surface area contributed by atoms with Gasteiger partial charge in [0.15, 0.2) is 0 Å². The summed E-state index contributed by atoms with van der Waals surface area (Å²) in [6.07, 6.45) is 3.30. The van der Waals surface area contributed by atoms with Gasteiger partial charge in [-0.15, -0.1) is 0 Å². The van der Waals surface area contributed by atoms with Crippen LogP contribution in [0.3, 0.4) is 0 Å². The molecule has 0 amide bonds. The normalized spacial score (nSPS) is 17.4. The van der Waals surface area contributed by atoms with Gasteiger partial charge in [0.2, 0.25) is 0 Å². The van der Waals surface area contributed by atoms with Crippen LogP contribution in [-0.2, 0) is 6.42 Å². The highest BCUT2D eigenvalue weighted by molar-refractivity contribution is 9.09. The molecule has 0 saturated carbocycles. The number of benzene rings is 1. The number of fused-ring (bicyclic) bond motifs is 1. The molecule has 1 aromatic carbocycles. The van der Waals surface area contributed by atoms with Gasteiger partial charge in [0.05, 0.1) is 6.61 Å². The van der Waals surface area contributed by atoms with Crippen molar-refractivity contribution >= 4 is 27.5 Å². The first-order valence-corrected chi connectivity index (χ1v) is 7.50. The minimum atomic E-state index is 0.336. The average Bonchev–Trinajstić information content (AvgIpc) is 2.75. The second kappa shape index (κ2) is 5.62. The van der Waals surface area contributed by atoms with Crippen molar-refractivity contribution < 1.29 is 4.74 Å². The van der Waals surface area contributed by atoms with Gasteiger partial charge in [0.1, 0.15) is 5.75 Å². The molecule has 0 radical (unpaired) electrons. The number of hydrogen-bond donors (Lipinski definition) is 0. The van der Waals surface area contributed by atoms with E-state index in [0.29, 0.717) is 10.7 Å². The Morgan fingerprint density at radius 2 is 2.24 bits per heavy atom. The number of rotatable bonds is 4. The van der Waals surface area contributed by atoms with Gasteiger partial charge in [-0.05, 0) is 30.0 Å². The highest BCUT2D eigenvalue weighted by atomic mass is 79.9. The molecule has 1 aliphatic rings. The zero-order chi connectivity index (χ0) is 12.4. The van der Waals surface area contributed by atoms with Gasteiger partial charge in [-0.2, -0.15) is 0 Å². The van der Waals surface area contributed by atoms with Gasteiger partial charge in [0, 0.05) is 21.8 Å². The summed E-state index contributed by atoms with van der Waals surface area (Å²) >= 11 is 9.94. The van der Waals surface area contributed by atoms with Gasteiger partial charge in [0.25, 0.3) is 0 Å². The van der Waals surface area contributed by atoms with Crippen LogP contribution in [0.25, 0.3) is 0 Å². The molecule has 0 fully saturated rings. The molecule has 0 N–H and O–H groups in total. The Balaban J connectivity index is 2.25. The first-order chi connectivity index (χ1) is 8.11. The lowest BCUT2D eigenvalue weighted by Gasteiger charge is -2.17. The van der Waals surface area contributed by atoms with E-state index in [-0.39, 0.29) is 0 Å². The molecule has 1 nitrogen and oxygen atoms in total. The third kappa shape index (κ3) is 2.97. The molecule has 1 aliphatic heterocycles. The molecule has 17 heavy (non-hydrogen) atoms. The Hall–Kier alpha value is -0.210. The SMILES string of the molecule is CCC(C)CC(Br)c1cc(Cl)cc2c1OCC2. The van der Waals surface area contributed by atoms with Crippen LogP contribution < -0.4 is 4.74 Å². The van der Waals surface area contributed by atoms with Crippen LogP contribution in [0.2, 0.25) is 5.02 Å². The van der Waals surface area contributed by atoms with Gasteiger partial charge in [-0.25, -0.2) is 0 Å². The Morgan fingerprint density at radius 3 is 2.94 bits per heavy atom. The van der Waals surface area contributed by atoms with Crippen LogP contribution in [-0.4, -0.2) is 6.61 Å². The maximum Gasteiger partial charge on any atom is 0.127 e. The summed E-state index contributed by atoms with van der Waals surface area (Å²) in [5, 5.41) is 0.817. The second-order valence-electron chi connectivity index (χ2n) is 4.80. The zero-order valence-corrected chi connectivity index (χ0v) is 12.6. The monoisotopic (exact) mass is 316 g/mol. The third-order valence-corrected chi connectivity index (χ3v) is 4.51. The van der Waals surface area contributed by atoms with Crippen LogP contribution in [0.15, 0.2) is 12.1 Å². The first-order valence-electron chi connectivity index (χ1n) is 6.21. The lowest BCUT2D eigenvalue weighted by molar-refractivity contribution is 0.352. The highest BCUT2D eigenvalue weighted by Crippen LogP contribution is 2.42. The topological polar surface area (TPSA) is 9.23 Å². The van der Waals surface area contributed by atoms with Crippen molar-refractivity contribution in [2.24, 2.45) is 5.92 Å². The fourth-order valence-corrected chi connectivity index (χ4v) is 3.40. The first kappa shape index (κ1) is 13.2. The van der Waals surface area contributed by atoms with Crippen LogP contribution in [0.5, 0.6) is 5.75 Å². The van der Waals surface area contributed by atoms with Crippen molar-refractivity contribution in [2.45, 2.75) is 37.9 Å². The summed E-state index contributed by atoms with van der Waals surface area (Å²) in [7, 11) is 0. The van der Waals surface area contributed by atoms with Crippen LogP contribution in [0, 0.1) is 5.92 Å². The van der Waals surface area contributed by atoms with Crippen molar-refractivity contribution in [1.29, 1.82) is 0 Å². The van der Waals surface area contributed by atoms with E-state index >= 15 is 0 Å². The van der Waals surface area contributed by atoms with Crippen LogP contribution in [0.1, 0.15) is 42.6 Å². The van der Waals surface area contributed by atoms with E-state index < -0.39 is 0 Å². The molecule has 3 heteroatoms. The number of hydrogen-bond acceptors (Lipinski definition) is 1. The van der Waals surface area contributed by atoms with Gasteiger partial charge in [-0.3, -0.25) is 0 Å². The maximum atomic E-state index is 6.17. The quantitative estimate of drug-likeness (QED) is 0.698. The Labute approximate surface area is 117 Å². The zero-order valence-electron chi connectivity index (χ0n) is 10.3. The molecule has 2 unspecified atom stereocenters. The molecule has 0 aromatic heterocycles. The Bertz CT molecular complexity index is 405. The number of alkyl halides is 1. The minimum Gasteiger partial charge on any atom is -0.493 e. The Morgan fingerprint density at radius 1 is 1.47 bits per heavy atom. The van der Waals surface area contributed by atoms with Crippen molar-refractivity contribution in [3.8, 4) is 5.75 Å². The summed E-state index contributed by atoms with van der Waals surface area (Å²) in [6, 6.07) is 4.06. The van der Waals surface area contributed by atoms with Crippen molar-refractivity contribution in [2.75, 3.05) is 6.61 Å². The van der Waals surface area contributed by atoms with E-state index in [1.165, 1.54) is 17.5 Å². The van der Waals surface area contributed by atoms with Crippen LogP contribution in [0.4, 0.5) is 0 Å². The van der Waals surface area contributed by atoms with E-state index in [1.54, 1.807) is 0 Å². The molecule has 2 rings (SSSR count). The number of ether oxygens (including phenoxy) is 1. The summed E-state index contributed by atoms with van der Waals surface area (Å²) in [5.74, 6) is 1.76. The fraction of sp³-hybridized carbons (Fsp3) is 0.571. The van der Waals surface area contributed by atoms with E-state index in [4.69, 9.17) is 16.3 Å². The van der Waals surface area contributed by atoms with Gasteiger partial charge < -0.3 is 4.74 Å². The molecular formula is C14H18BrClO. The molecule has 1 aromatic rings. The fourth-order valence-electron chi connectivity index (χ4n) is 2.18. The molecule has 0 aliphatic carbocycles. The molecule has 1 heterocycles. The number of halogens is 2. The standard InChI is InChI=1S/C14H18BrClO/c1-3-9(2)6-13(15)12-8-11(16)7-10-4-5-17-14(10)12/h7-9,13H,3-6H2,1-2H3. The van der Waals surface area contributed by atoms with Gasteiger partial charge >= 0.3 is 0 Å². The maximum absolute atomic E-state index is 6.17. The van der Waals surface area contributed by atoms with E-state index in [0.717, 1.165) is 30.2 Å². The van der Waals surface area contributed by atoms with Crippen molar-refractivity contribution in [3.05, 3.63) is 28.3 Å². The van der Waals surface area contributed by atoms with Crippen molar-refractivity contribution in [1.82, 2.24) is 0 Å². The summed E-state index contributed by atoms with van der Waals surface area (Å²) in [4.78, 5) is 0.336. The summed E-state index contributed by atoms with van der Waals surface area (Å²) < 4.78 is 5.73. The minimum absolute atomic E-state index is 0.336. The molecule has 0 saturated heterocycles. The molecular weight excluding hydrogens is 300 g/mol. The largest absolute Gasteiger partial charge is 0.493 e. The molecule has 94 valence electrons. The molecule has 0 spiro atoms. The van der Waals surface area contributed by atoms with Crippen molar-refractivity contribution in [3.63, 3.8) is 0 Å². The lowest BCUT2D eigenvalue weighted by Crippen LogP contribution is -2.01. The summed E-state index contributed by atoms with van der Waals surface area (Å²) in [6.45, 7) is 5.29. The third-order valence-electron chi connectivity index (χ3n) is 3.42. The predicted molar refractivity (Wildman–Crippen MR) is 76.4 cm³/mol. The Kier molecular flexibility index (Phi) is 4.37. The molecule has 2 atom stereocenters. The smallest absolute Gasteiger partial charge is 0.127 e. The van der Waals surface area contributed by atoms with E-state index in [9.17, 15) is 0 Å². The molecule has 0 bridgehead atoms. The highest BCUT2D eigenvalue weighted by Gasteiger charge is 2.22. The summed E-state index contributed by atoms with van der Waals surface area (Å²) in [5.41, 5.74) is 2.46. The predicted octanol–water partition coefficient (Wildman–Crippen LogP) is 5.15. The van der Waals surface area contributed by atoms with E-state index in [2.05, 4.69) is 29.8 Å². The van der Waals surface area contributed by atoms with Gasteiger partial charge in [-0.1, -0.05) is 47.8 Å². The van der Waals surface area contributed by atoms with E-state index in [1.807, 2.05) is 12.1 Å². The average molecular weight is 318 g/mol.